The summed E-state index contributed by atoms with van der Waals surface area (Å²) in [5, 5.41) is 3.36. The van der Waals surface area contributed by atoms with Crippen LogP contribution in [0.3, 0.4) is 0 Å². The number of nitrogens with one attached hydrogen (secondary N) is 1. The zero-order valence-electron chi connectivity index (χ0n) is 12.5. The van der Waals surface area contributed by atoms with Gasteiger partial charge in [-0.2, -0.15) is 0 Å². The normalized spacial score (nSPS) is 17.9. The molecule has 1 saturated heterocycles. The van der Waals surface area contributed by atoms with E-state index in [-0.39, 0.29) is 37.6 Å². The van der Waals surface area contributed by atoms with Crippen LogP contribution in [0.15, 0.2) is 24.8 Å². The number of hydrogen-bond acceptors (Lipinski definition) is 5. The van der Waals surface area contributed by atoms with Gasteiger partial charge in [0.15, 0.2) is 11.5 Å². The lowest BCUT2D eigenvalue weighted by Crippen LogP contribution is -2.44. The second kappa shape index (κ2) is 8.48. The Kier molecular flexibility index (Phi) is 7.29. The summed E-state index contributed by atoms with van der Waals surface area (Å²) >= 11 is 0. The summed E-state index contributed by atoms with van der Waals surface area (Å²) in [7, 11) is 1.65. The summed E-state index contributed by atoms with van der Waals surface area (Å²) in [5.41, 5.74) is 1.13. The van der Waals surface area contributed by atoms with Gasteiger partial charge in [0.2, 0.25) is 12.5 Å². The maximum Gasteiger partial charge on any atom is 0.231 e. The van der Waals surface area contributed by atoms with Crippen molar-refractivity contribution >= 4 is 24.8 Å². The highest BCUT2D eigenvalue weighted by Gasteiger charge is 2.25. The predicted octanol–water partition coefficient (Wildman–Crippen LogP) is 2.40. The van der Waals surface area contributed by atoms with Crippen molar-refractivity contribution in [3.63, 3.8) is 0 Å². The van der Waals surface area contributed by atoms with E-state index in [2.05, 4.69) is 16.8 Å². The van der Waals surface area contributed by atoms with Crippen molar-refractivity contribution in [3.8, 4) is 17.2 Å². The molecule has 0 bridgehead atoms. The molecule has 0 radical (unpaired) electrons. The van der Waals surface area contributed by atoms with Gasteiger partial charge in [0, 0.05) is 26.2 Å². The molecular weight excluding hydrogens is 327 g/mol. The smallest absolute Gasteiger partial charge is 0.231 e. The SMILES string of the molecule is C=C[C@H](c1cc(OC)c2c(c1)OCO2)N1CCNCC1.Cl.Cl. The fraction of sp³-hybridized carbons (Fsp3) is 0.467. The van der Waals surface area contributed by atoms with Crippen molar-refractivity contribution in [1.29, 1.82) is 0 Å². The standard InChI is InChI=1S/C15H20N2O3.2ClH/c1-3-12(17-6-4-16-5-7-17)11-8-13(18-2)15-14(9-11)19-10-20-15;;/h3,8-9,12,16H,1,4-7,10H2,2H3;2*1H/t12-;;/m1../s1. The Morgan fingerprint density at radius 2 is 2.00 bits per heavy atom. The van der Waals surface area contributed by atoms with Crippen LogP contribution in [0.4, 0.5) is 0 Å². The van der Waals surface area contributed by atoms with Gasteiger partial charge >= 0.3 is 0 Å². The molecule has 3 rings (SSSR count). The predicted molar refractivity (Wildman–Crippen MR) is 91.0 cm³/mol. The average Bonchev–Trinajstić information content (AvgIpc) is 2.97. The molecule has 22 heavy (non-hydrogen) atoms. The maximum atomic E-state index is 5.50. The molecule has 0 saturated carbocycles. The van der Waals surface area contributed by atoms with Gasteiger partial charge in [-0.1, -0.05) is 6.08 Å². The van der Waals surface area contributed by atoms with Crippen LogP contribution in [0.25, 0.3) is 0 Å². The van der Waals surface area contributed by atoms with Gasteiger partial charge in [-0.3, -0.25) is 4.90 Å². The van der Waals surface area contributed by atoms with Crippen LogP contribution in [0.5, 0.6) is 17.2 Å². The van der Waals surface area contributed by atoms with Crippen LogP contribution in [-0.4, -0.2) is 45.0 Å². The van der Waals surface area contributed by atoms with Crippen molar-refractivity contribution < 1.29 is 14.2 Å². The number of rotatable bonds is 4. The molecule has 1 N–H and O–H groups in total. The zero-order valence-corrected chi connectivity index (χ0v) is 14.2. The highest BCUT2D eigenvalue weighted by Crippen LogP contribution is 2.43. The second-order valence-electron chi connectivity index (χ2n) is 4.92. The molecule has 1 atom stereocenters. The largest absolute Gasteiger partial charge is 0.493 e. The van der Waals surface area contributed by atoms with Crippen LogP contribution >= 0.6 is 24.8 Å². The first-order valence-electron chi connectivity index (χ1n) is 6.88. The molecule has 0 spiro atoms. The Balaban J connectivity index is 0.00000121. The zero-order chi connectivity index (χ0) is 13.9. The van der Waals surface area contributed by atoms with Gasteiger partial charge in [-0.05, 0) is 17.7 Å². The van der Waals surface area contributed by atoms with E-state index in [1.165, 1.54) is 0 Å². The Hall–Kier alpha value is -1.14. The molecule has 7 heteroatoms. The molecule has 1 aromatic rings. The third-order valence-electron chi connectivity index (χ3n) is 3.79. The van der Waals surface area contributed by atoms with E-state index >= 15 is 0 Å². The third-order valence-corrected chi connectivity index (χ3v) is 3.79. The van der Waals surface area contributed by atoms with Crippen LogP contribution in [0, 0.1) is 0 Å². The van der Waals surface area contributed by atoms with Gasteiger partial charge in [-0.15, -0.1) is 31.4 Å². The number of ether oxygens (including phenoxy) is 3. The van der Waals surface area contributed by atoms with Gasteiger partial charge in [0.05, 0.1) is 13.2 Å². The second-order valence-corrected chi connectivity index (χ2v) is 4.92. The van der Waals surface area contributed by atoms with Crippen LogP contribution in [0.2, 0.25) is 0 Å². The minimum atomic E-state index is 0. The van der Waals surface area contributed by atoms with Crippen molar-refractivity contribution in [2.75, 3.05) is 40.1 Å². The van der Waals surface area contributed by atoms with Crippen molar-refractivity contribution in [3.05, 3.63) is 30.4 Å². The lowest BCUT2D eigenvalue weighted by molar-refractivity contribution is 0.171. The Morgan fingerprint density at radius 1 is 1.27 bits per heavy atom. The monoisotopic (exact) mass is 348 g/mol. The number of piperazine rings is 1. The van der Waals surface area contributed by atoms with E-state index in [4.69, 9.17) is 14.2 Å². The summed E-state index contributed by atoms with van der Waals surface area (Å²) in [5.74, 6) is 2.16. The van der Waals surface area contributed by atoms with E-state index in [0.717, 1.165) is 43.2 Å². The molecule has 1 aromatic carbocycles. The molecule has 1 fully saturated rings. The van der Waals surface area contributed by atoms with Crippen molar-refractivity contribution in [2.24, 2.45) is 0 Å². The van der Waals surface area contributed by atoms with Gasteiger partial charge in [0.1, 0.15) is 0 Å². The molecule has 5 nitrogen and oxygen atoms in total. The van der Waals surface area contributed by atoms with E-state index in [0.29, 0.717) is 5.75 Å². The van der Waals surface area contributed by atoms with Crippen LogP contribution in [0.1, 0.15) is 11.6 Å². The summed E-state index contributed by atoms with van der Waals surface area (Å²) in [6.07, 6.45) is 1.97. The topological polar surface area (TPSA) is 43.0 Å². The van der Waals surface area contributed by atoms with Crippen LogP contribution in [-0.2, 0) is 0 Å². The molecule has 0 amide bonds. The lowest BCUT2D eigenvalue weighted by atomic mass is 10.0. The molecule has 124 valence electrons. The summed E-state index contributed by atoms with van der Waals surface area (Å²) < 4.78 is 16.3. The molecule has 2 heterocycles. The first kappa shape index (κ1) is 18.9. The molecule has 2 aliphatic rings. The summed E-state index contributed by atoms with van der Waals surface area (Å²) in [6.45, 7) is 8.26. The quantitative estimate of drug-likeness (QED) is 0.846. The first-order valence-corrected chi connectivity index (χ1v) is 6.88. The first-order chi connectivity index (χ1) is 9.83. The molecule has 2 aliphatic heterocycles. The fourth-order valence-electron chi connectivity index (χ4n) is 2.78. The third kappa shape index (κ3) is 3.60. The van der Waals surface area contributed by atoms with Crippen molar-refractivity contribution in [1.82, 2.24) is 10.2 Å². The Labute approximate surface area is 143 Å². The van der Waals surface area contributed by atoms with E-state index < -0.39 is 0 Å². The van der Waals surface area contributed by atoms with Crippen LogP contribution < -0.4 is 19.5 Å². The Bertz CT molecular complexity index is 508. The van der Waals surface area contributed by atoms with Gasteiger partial charge in [0.25, 0.3) is 0 Å². The molecule has 0 aliphatic carbocycles. The number of halogens is 2. The summed E-state index contributed by atoms with van der Waals surface area (Å²) in [6, 6.07) is 4.21. The fourth-order valence-corrected chi connectivity index (χ4v) is 2.78. The maximum absolute atomic E-state index is 5.50. The van der Waals surface area contributed by atoms with Gasteiger partial charge in [-0.25, -0.2) is 0 Å². The van der Waals surface area contributed by atoms with E-state index in [1.807, 2.05) is 18.2 Å². The Morgan fingerprint density at radius 3 is 2.64 bits per heavy atom. The number of benzene rings is 1. The highest BCUT2D eigenvalue weighted by atomic mass is 35.5. The average molecular weight is 349 g/mol. The minimum Gasteiger partial charge on any atom is -0.493 e. The van der Waals surface area contributed by atoms with E-state index in [1.54, 1.807) is 7.11 Å². The molecule has 0 unspecified atom stereocenters. The number of methoxy groups -OCH3 is 1. The van der Waals surface area contributed by atoms with Crippen molar-refractivity contribution in [2.45, 2.75) is 6.04 Å². The molecule has 0 aromatic heterocycles. The van der Waals surface area contributed by atoms with Gasteiger partial charge < -0.3 is 19.5 Å². The number of hydrogen-bond donors (Lipinski definition) is 1. The highest BCUT2D eigenvalue weighted by molar-refractivity contribution is 5.85. The molecular formula is C15H22Cl2N2O3. The van der Waals surface area contributed by atoms with E-state index in [9.17, 15) is 0 Å². The summed E-state index contributed by atoms with van der Waals surface area (Å²) in [4.78, 5) is 2.40. The minimum absolute atomic E-state index is 0. The number of fused-ring (bicyclic) bond motifs is 1. The number of nitrogens with zero attached hydrogens (tertiary/aromatic N) is 1. The lowest BCUT2D eigenvalue weighted by Gasteiger charge is -2.33.